The minimum absolute atomic E-state index is 0.115. The van der Waals surface area contributed by atoms with Crippen LogP contribution in [0.1, 0.15) is 13.3 Å². The van der Waals surface area contributed by atoms with Gasteiger partial charge in [0.1, 0.15) is 6.10 Å². The fourth-order valence-electron chi connectivity index (χ4n) is 1.06. The second-order valence-corrected chi connectivity index (χ2v) is 4.86. The molecule has 1 atom stereocenters. The lowest BCUT2D eigenvalue weighted by atomic mass is 10.3. The Balaban J connectivity index is 2.43. The highest BCUT2D eigenvalue weighted by molar-refractivity contribution is 7.91. The highest BCUT2D eigenvalue weighted by Crippen LogP contribution is 2.14. The van der Waals surface area contributed by atoms with Crippen molar-refractivity contribution in [3.8, 4) is 0 Å². The van der Waals surface area contributed by atoms with Crippen molar-refractivity contribution in [1.29, 1.82) is 0 Å². The zero-order chi connectivity index (χ0) is 8.32. The summed E-state index contributed by atoms with van der Waals surface area (Å²) in [5, 5.41) is 0. The SMILES string of the molecule is C/C=C/OC1CCS(=O)(=O)C1. The van der Waals surface area contributed by atoms with E-state index in [0.717, 1.165) is 0 Å². The Morgan fingerprint density at radius 3 is 2.73 bits per heavy atom. The molecule has 1 aliphatic heterocycles. The van der Waals surface area contributed by atoms with Gasteiger partial charge in [0.05, 0.1) is 17.8 Å². The van der Waals surface area contributed by atoms with E-state index in [1.54, 1.807) is 12.3 Å². The van der Waals surface area contributed by atoms with Gasteiger partial charge in [-0.15, -0.1) is 0 Å². The van der Waals surface area contributed by atoms with Gasteiger partial charge in [-0.2, -0.15) is 0 Å². The van der Waals surface area contributed by atoms with Crippen LogP contribution >= 0.6 is 0 Å². The first-order valence-electron chi connectivity index (χ1n) is 3.61. The monoisotopic (exact) mass is 176 g/mol. The molecule has 0 radical (unpaired) electrons. The Bertz CT molecular complexity index is 240. The maximum absolute atomic E-state index is 10.9. The first kappa shape index (κ1) is 8.59. The van der Waals surface area contributed by atoms with Crippen LogP contribution in [0.3, 0.4) is 0 Å². The number of hydrogen-bond acceptors (Lipinski definition) is 3. The fourth-order valence-corrected chi connectivity index (χ4v) is 2.66. The maximum Gasteiger partial charge on any atom is 0.154 e. The molecule has 0 aromatic heterocycles. The molecule has 0 spiro atoms. The Kier molecular flexibility index (Phi) is 2.54. The minimum atomic E-state index is -2.78. The van der Waals surface area contributed by atoms with Crippen LogP contribution in [0.4, 0.5) is 0 Å². The van der Waals surface area contributed by atoms with Gasteiger partial charge in [0.25, 0.3) is 0 Å². The molecule has 1 fully saturated rings. The molecule has 0 saturated carbocycles. The van der Waals surface area contributed by atoms with E-state index in [0.29, 0.717) is 6.42 Å². The van der Waals surface area contributed by atoms with E-state index in [-0.39, 0.29) is 17.6 Å². The summed E-state index contributed by atoms with van der Waals surface area (Å²) in [6, 6.07) is 0. The van der Waals surface area contributed by atoms with Crippen LogP contribution in [0.25, 0.3) is 0 Å². The summed E-state index contributed by atoms with van der Waals surface area (Å²) in [4.78, 5) is 0. The molecule has 0 N–H and O–H groups in total. The Morgan fingerprint density at radius 1 is 1.55 bits per heavy atom. The third-order valence-electron chi connectivity index (χ3n) is 1.60. The Labute approximate surface area is 67.0 Å². The fraction of sp³-hybridized carbons (Fsp3) is 0.714. The van der Waals surface area contributed by atoms with E-state index in [1.807, 2.05) is 6.92 Å². The molecule has 1 aliphatic rings. The second-order valence-electron chi connectivity index (χ2n) is 2.63. The molecule has 1 saturated heterocycles. The van der Waals surface area contributed by atoms with Crippen molar-refractivity contribution in [1.82, 2.24) is 0 Å². The van der Waals surface area contributed by atoms with Crippen molar-refractivity contribution in [3.05, 3.63) is 12.3 Å². The Hall–Kier alpha value is -0.510. The normalized spacial score (nSPS) is 29.4. The number of allylic oxidation sites excluding steroid dienone is 1. The highest BCUT2D eigenvalue weighted by Gasteiger charge is 2.28. The van der Waals surface area contributed by atoms with Crippen molar-refractivity contribution >= 4 is 9.84 Å². The van der Waals surface area contributed by atoms with Gasteiger partial charge in [-0.3, -0.25) is 0 Å². The van der Waals surface area contributed by atoms with Gasteiger partial charge >= 0.3 is 0 Å². The van der Waals surface area contributed by atoms with Gasteiger partial charge in [0.15, 0.2) is 9.84 Å². The summed E-state index contributed by atoms with van der Waals surface area (Å²) in [5.41, 5.74) is 0. The molecule has 1 unspecified atom stereocenters. The van der Waals surface area contributed by atoms with Gasteiger partial charge in [-0.05, 0) is 13.3 Å². The summed E-state index contributed by atoms with van der Waals surface area (Å²) in [7, 11) is -2.78. The highest BCUT2D eigenvalue weighted by atomic mass is 32.2. The molecule has 4 heteroatoms. The van der Waals surface area contributed by atoms with E-state index in [4.69, 9.17) is 4.74 Å². The predicted molar refractivity (Wildman–Crippen MR) is 43.0 cm³/mol. The standard InChI is InChI=1S/C7H12O3S/c1-2-4-10-7-3-5-11(8,9)6-7/h2,4,7H,3,5-6H2,1H3/b4-2+. The van der Waals surface area contributed by atoms with Crippen LogP contribution < -0.4 is 0 Å². The van der Waals surface area contributed by atoms with E-state index >= 15 is 0 Å². The number of hydrogen-bond donors (Lipinski definition) is 0. The van der Waals surface area contributed by atoms with Crippen LogP contribution in [0.15, 0.2) is 12.3 Å². The van der Waals surface area contributed by atoms with Crippen LogP contribution in [0.5, 0.6) is 0 Å². The lowest BCUT2D eigenvalue weighted by Crippen LogP contribution is -2.11. The summed E-state index contributed by atoms with van der Waals surface area (Å²) < 4.78 is 26.9. The molecular formula is C7H12O3S. The first-order valence-corrected chi connectivity index (χ1v) is 5.43. The zero-order valence-corrected chi connectivity index (χ0v) is 7.30. The van der Waals surface area contributed by atoms with Crippen LogP contribution in [-0.2, 0) is 14.6 Å². The van der Waals surface area contributed by atoms with Crippen LogP contribution in [0.2, 0.25) is 0 Å². The molecule has 3 nitrogen and oxygen atoms in total. The first-order chi connectivity index (χ1) is 5.14. The average Bonchev–Trinajstić information content (AvgIpc) is 2.26. The minimum Gasteiger partial charge on any atom is -0.497 e. The van der Waals surface area contributed by atoms with Crippen LogP contribution in [-0.4, -0.2) is 26.0 Å². The van der Waals surface area contributed by atoms with Crippen molar-refractivity contribution in [3.63, 3.8) is 0 Å². The third kappa shape index (κ3) is 2.54. The van der Waals surface area contributed by atoms with Gasteiger partial charge < -0.3 is 4.74 Å². The Morgan fingerprint density at radius 2 is 2.27 bits per heavy atom. The lowest BCUT2D eigenvalue weighted by molar-refractivity contribution is 0.167. The molecule has 0 bridgehead atoms. The molecule has 1 rings (SSSR count). The molecule has 0 aliphatic carbocycles. The molecule has 64 valence electrons. The quantitative estimate of drug-likeness (QED) is 0.582. The third-order valence-corrected chi connectivity index (χ3v) is 3.34. The number of ether oxygens (including phenoxy) is 1. The smallest absolute Gasteiger partial charge is 0.154 e. The summed E-state index contributed by atoms with van der Waals surface area (Å²) in [5.74, 6) is 0.451. The van der Waals surface area contributed by atoms with Gasteiger partial charge in [0.2, 0.25) is 0 Å². The molecule has 1 heterocycles. The van der Waals surface area contributed by atoms with Crippen molar-refractivity contribution in [2.45, 2.75) is 19.4 Å². The summed E-state index contributed by atoms with van der Waals surface area (Å²) in [6.07, 6.45) is 3.82. The average molecular weight is 176 g/mol. The van der Waals surface area contributed by atoms with E-state index in [2.05, 4.69) is 0 Å². The molecule has 0 aromatic carbocycles. The maximum atomic E-state index is 10.9. The second kappa shape index (κ2) is 3.26. The largest absolute Gasteiger partial charge is 0.497 e. The summed E-state index contributed by atoms with van der Waals surface area (Å²) in [6.45, 7) is 1.84. The van der Waals surface area contributed by atoms with Crippen LogP contribution in [0, 0.1) is 0 Å². The number of sulfone groups is 1. The van der Waals surface area contributed by atoms with E-state index < -0.39 is 9.84 Å². The molecule has 11 heavy (non-hydrogen) atoms. The molecular weight excluding hydrogens is 164 g/mol. The summed E-state index contributed by atoms with van der Waals surface area (Å²) >= 11 is 0. The predicted octanol–water partition coefficient (Wildman–Crippen LogP) is 0.724. The molecule has 0 amide bonds. The van der Waals surface area contributed by atoms with E-state index in [9.17, 15) is 8.42 Å². The van der Waals surface area contributed by atoms with Crippen molar-refractivity contribution < 1.29 is 13.2 Å². The lowest BCUT2D eigenvalue weighted by Gasteiger charge is -2.05. The molecule has 0 aromatic rings. The zero-order valence-electron chi connectivity index (χ0n) is 6.49. The van der Waals surface area contributed by atoms with Crippen molar-refractivity contribution in [2.75, 3.05) is 11.5 Å². The van der Waals surface area contributed by atoms with Gasteiger partial charge in [-0.1, -0.05) is 6.08 Å². The van der Waals surface area contributed by atoms with E-state index in [1.165, 1.54) is 0 Å². The van der Waals surface area contributed by atoms with Crippen molar-refractivity contribution in [2.24, 2.45) is 0 Å². The van der Waals surface area contributed by atoms with Gasteiger partial charge in [0, 0.05) is 0 Å². The topological polar surface area (TPSA) is 43.4 Å². The van der Waals surface area contributed by atoms with Gasteiger partial charge in [-0.25, -0.2) is 8.42 Å². The number of rotatable bonds is 2.